The number of carboxylic acids is 1. The van der Waals surface area contributed by atoms with Crippen LogP contribution in [0.5, 0.6) is 0 Å². The van der Waals surface area contributed by atoms with Crippen LogP contribution >= 0.6 is 0 Å². The predicted molar refractivity (Wildman–Crippen MR) is 49.3 cm³/mol. The summed E-state index contributed by atoms with van der Waals surface area (Å²) in [5, 5.41) is 18.6. The van der Waals surface area contributed by atoms with Gasteiger partial charge in [0.05, 0.1) is 5.60 Å². The van der Waals surface area contributed by atoms with Crippen molar-refractivity contribution in [2.24, 2.45) is 0 Å². The zero-order chi connectivity index (χ0) is 9.90. The summed E-state index contributed by atoms with van der Waals surface area (Å²) >= 11 is 0. The summed E-state index contributed by atoms with van der Waals surface area (Å²) in [4.78, 5) is 10.6. The molecule has 1 rings (SSSR count). The maximum absolute atomic E-state index is 10.6. The second kappa shape index (κ2) is 3.75. The fourth-order valence-corrected chi connectivity index (χ4v) is 1.54. The van der Waals surface area contributed by atoms with E-state index in [1.807, 2.05) is 6.92 Å². The number of aliphatic carboxylic acids is 1. The average Bonchev–Trinajstić information content (AvgIpc) is 2.04. The van der Waals surface area contributed by atoms with E-state index in [0.717, 1.165) is 6.42 Å². The van der Waals surface area contributed by atoms with Crippen molar-refractivity contribution in [1.82, 2.24) is 0 Å². The van der Waals surface area contributed by atoms with Crippen LogP contribution in [0.15, 0.2) is 23.8 Å². The van der Waals surface area contributed by atoms with Gasteiger partial charge in [0.15, 0.2) is 0 Å². The lowest BCUT2D eigenvalue weighted by Crippen LogP contribution is -2.29. The van der Waals surface area contributed by atoms with Gasteiger partial charge >= 0.3 is 5.97 Å². The summed E-state index contributed by atoms with van der Waals surface area (Å²) in [7, 11) is 0. The van der Waals surface area contributed by atoms with Crippen molar-refractivity contribution in [3.8, 4) is 0 Å². The highest BCUT2D eigenvalue weighted by atomic mass is 16.4. The quantitative estimate of drug-likeness (QED) is 0.695. The lowest BCUT2D eigenvalue weighted by molar-refractivity contribution is -0.133. The van der Waals surface area contributed by atoms with Gasteiger partial charge in [-0.3, -0.25) is 0 Å². The highest BCUT2D eigenvalue weighted by Crippen LogP contribution is 2.27. The first-order valence-corrected chi connectivity index (χ1v) is 4.41. The Bertz CT molecular complexity index is 265. The molecule has 0 aliphatic heterocycles. The molecule has 1 aliphatic rings. The van der Waals surface area contributed by atoms with Gasteiger partial charge in [0.1, 0.15) is 0 Å². The van der Waals surface area contributed by atoms with Crippen LogP contribution in [0.1, 0.15) is 26.2 Å². The molecule has 0 aromatic carbocycles. The number of rotatable bonds is 3. The molecule has 0 heterocycles. The Balaban J connectivity index is 2.73. The Kier molecular flexibility index (Phi) is 2.88. The van der Waals surface area contributed by atoms with Crippen molar-refractivity contribution in [2.45, 2.75) is 31.8 Å². The Morgan fingerprint density at radius 1 is 1.69 bits per heavy atom. The summed E-state index contributed by atoms with van der Waals surface area (Å²) < 4.78 is 0. The van der Waals surface area contributed by atoms with Gasteiger partial charge in [0.25, 0.3) is 0 Å². The van der Waals surface area contributed by atoms with Crippen LogP contribution in [0.2, 0.25) is 0 Å². The number of carboxylic acid groups (broad SMARTS) is 1. The van der Waals surface area contributed by atoms with Crippen LogP contribution in [-0.4, -0.2) is 21.8 Å². The fourth-order valence-electron chi connectivity index (χ4n) is 1.54. The van der Waals surface area contributed by atoms with Crippen molar-refractivity contribution in [1.29, 1.82) is 0 Å². The normalized spacial score (nSPS) is 27.1. The topological polar surface area (TPSA) is 57.5 Å². The third kappa shape index (κ3) is 2.42. The maximum atomic E-state index is 10.6. The Labute approximate surface area is 77.4 Å². The van der Waals surface area contributed by atoms with Crippen molar-refractivity contribution in [2.75, 3.05) is 0 Å². The van der Waals surface area contributed by atoms with Crippen molar-refractivity contribution in [3.63, 3.8) is 0 Å². The fraction of sp³-hybridized carbons (Fsp3) is 0.500. The van der Waals surface area contributed by atoms with Crippen LogP contribution < -0.4 is 0 Å². The van der Waals surface area contributed by atoms with Crippen LogP contribution in [0.3, 0.4) is 0 Å². The van der Waals surface area contributed by atoms with E-state index < -0.39 is 11.6 Å². The van der Waals surface area contributed by atoms with E-state index in [2.05, 4.69) is 0 Å². The third-order valence-corrected chi connectivity index (χ3v) is 2.16. The minimum Gasteiger partial charge on any atom is -0.478 e. The van der Waals surface area contributed by atoms with Gasteiger partial charge in [0.2, 0.25) is 0 Å². The summed E-state index contributed by atoms with van der Waals surface area (Å²) in [6, 6.07) is 0. The molecule has 0 aromatic rings. The van der Waals surface area contributed by atoms with Crippen molar-refractivity contribution < 1.29 is 15.0 Å². The lowest BCUT2D eigenvalue weighted by atomic mass is 9.86. The molecule has 13 heavy (non-hydrogen) atoms. The molecule has 0 bridgehead atoms. The van der Waals surface area contributed by atoms with E-state index in [9.17, 15) is 9.90 Å². The highest BCUT2D eigenvalue weighted by Gasteiger charge is 2.28. The molecule has 0 spiro atoms. The van der Waals surface area contributed by atoms with Gasteiger partial charge in [-0.1, -0.05) is 31.6 Å². The molecule has 0 saturated carbocycles. The molecule has 3 nitrogen and oxygen atoms in total. The Morgan fingerprint density at radius 2 is 2.38 bits per heavy atom. The largest absolute Gasteiger partial charge is 0.478 e. The van der Waals surface area contributed by atoms with E-state index in [0.29, 0.717) is 6.42 Å². The summed E-state index contributed by atoms with van der Waals surface area (Å²) in [6.07, 6.45) is 6.48. The average molecular weight is 182 g/mol. The summed E-state index contributed by atoms with van der Waals surface area (Å²) in [5.74, 6) is -0.945. The van der Waals surface area contributed by atoms with Crippen LogP contribution in [0.25, 0.3) is 0 Å². The van der Waals surface area contributed by atoms with E-state index in [-0.39, 0.29) is 12.0 Å². The molecule has 1 atom stereocenters. The first-order chi connectivity index (χ1) is 6.07. The Morgan fingerprint density at radius 3 is 2.92 bits per heavy atom. The van der Waals surface area contributed by atoms with Gasteiger partial charge in [-0.15, -0.1) is 0 Å². The number of aliphatic hydroxyl groups is 1. The molecule has 1 unspecified atom stereocenters. The molecule has 0 saturated heterocycles. The first-order valence-electron chi connectivity index (χ1n) is 4.41. The van der Waals surface area contributed by atoms with E-state index in [1.165, 1.54) is 6.08 Å². The number of allylic oxidation sites excluding steroid dienone is 2. The van der Waals surface area contributed by atoms with E-state index in [1.54, 1.807) is 12.2 Å². The second-order valence-corrected chi connectivity index (χ2v) is 3.39. The molecular weight excluding hydrogens is 168 g/mol. The third-order valence-electron chi connectivity index (χ3n) is 2.16. The molecule has 0 fully saturated rings. The van der Waals surface area contributed by atoms with Gasteiger partial charge in [0, 0.05) is 12.0 Å². The predicted octanol–water partition coefficient (Wildman–Crippen LogP) is 1.49. The first kappa shape index (κ1) is 9.99. The maximum Gasteiger partial charge on any atom is 0.331 e. The zero-order valence-corrected chi connectivity index (χ0v) is 7.66. The van der Waals surface area contributed by atoms with Crippen LogP contribution in [0, 0.1) is 0 Å². The Hall–Kier alpha value is -1.09. The van der Waals surface area contributed by atoms with Gasteiger partial charge < -0.3 is 10.2 Å². The highest BCUT2D eigenvalue weighted by molar-refractivity contribution is 5.87. The smallest absolute Gasteiger partial charge is 0.331 e. The molecule has 72 valence electrons. The van der Waals surface area contributed by atoms with Crippen LogP contribution in [0.4, 0.5) is 0 Å². The minimum atomic E-state index is -0.947. The molecule has 3 heteroatoms. The second-order valence-electron chi connectivity index (χ2n) is 3.39. The molecule has 0 radical (unpaired) electrons. The lowest BCUT2D eigenvalue weighted by Gasteiger charge is -2.26. The van der Waals surface area contributed by atoms with Gasteiger partial charge in [-0.05, 0) is 6.42 Å². The summed E-state index contributed by atoms with van der Waals surface area (Å²) in [5.41, 5.74) is -0.671. The van der Waals surface area contributed by atoms with E-state index >= 15 is 0 Å². The molecule has 2 N–H and O–H groups in total. The number of hydrogen-bond acceptors (Lipinski definition) is 2. The molecule has 0 amide bonds. The number of carbonyl (C=O) groups is 1. The summed E-state index contributed by atoms with van der Waals surface area (Å²) in [6.45, 7) is 1.96. The standard InChI is InChI=1S/C10H14O3/c1-2-5-10(13)6-3-4-8(7-10)9(11)12/h3-4,6,13H,2,5,7H2,1H3,(H,11,12). The van der Waals surface area contributed by atoms with E-state index in [4.69, 9.17) is 5.11 Å². The molecule has 1 aliphatic carbocycles. The van der Waals surface area contributed by atoms with Crippen LogP contribution in [-0.2, 0) is 4.79 Å². The molecule has 0 aromatic heterocycles. The monoisotopic (exact) mass is 182 g/mol. The number of hydrogen-bond donors (Lipinski definition) is 2. The zero-order valence-electron chi connectivity index (χ0n) is 7.66. The SMILES string of the molecule is CCCC1(O)C=CC=C(C(=O)O)C1. The van der Waals surface area contributed by atoms with Gasteiger partial charge in [-0.2, -0.15) is 0 Å². The van der Waals surface area contributed by atoms with Crippen molar-refractivity contribution >= 4 is 5.97 Å². The molecular formula is C10H14O3. The van der Waals surface area contributed by atoms with Gasteiger partial charge in [-0.25, -0.2) is 4.79 Å². The minimum absolute atomic E-state index is 0.215. The van der Waals surface area contributed by atoms with Crippen molar-refractivity contribution in [3.05, 3.63) is 23.8 Å².